The number of rotatable bonds is 4. The Bertz CT molecular complexity index is 909. The van der Waals surface area contributed by atoms with Crippen LogP contribution in [0.3, 0.4) is 0 Å². The lowest BCUT2D eigenvalue weighted by molar-refractivity contribution is -0.0585. The Morgan fingerprint density at radius 2 is 1.93 bits per heavy atom. The zero-order valence-electron chi connectivity index (χ0n) is 16.7. The number of Topliss-reactive ketones (excluding diaryl/α,β-unsaturated/α-hetero) is 1. The summed E-state index contributed by atoms with van der Waals surface area (Å²) in [5.74, 6) is -0.489. The van der Waals surface area contributed by atoms with Gasteiger partial charge >= 0.3 is 0 Å². The monoisotopic (exact) mass is 399 g/mol. The molecule has 3 atom stereocenters. The summed E-state index contributed by atoms with van der Waals surface area (Å²) in [5, 5.41) is 3.35. The van der Waals surface area contributed by atoms with Crippen LogP contribution >= 0.6 is 0 Å². The van der Waals surface area contributed by atoms with Crippen LogP contribution in [-0.4, -0.2) is 47.5 Å². The number of ketones is 1. The van der Waals surface area contributed by atoms with E-state index in [0.717, 1.165) is 12.1 Å². The fourth-order valence-electron chi connectivity index (χ4n) is 4.28. The fourth-order valence-corrected chi connectivity index (χ4v) is 4.28. The highest BCUT2D eigenvalue weighted by molar-refractivity contribution is 5.98. The largest absolute Gasteiger partial charge is 0.354 e. The molecule has 3 unspecified atom stereocenters. The number of piperidine rings is 1. The number of aromatic nitrogens is 1. The highest BCUT2D eigenvalue weighted by Crippen LogP contribution is 2.32. The highest BCUT2D eigenvalue weighted by atomic mass is 19.1. The lowest BCUT2D eigenvalue weighted by Crippen LogP contribution is -2.43. The molecule has 2 aliphatic rings. The number of nitrogens with one attached hydrogen (secondary N) is 1. The molecular weight excluding hydrogens is 373 g/mol. The van der Waals surface area contributed by atoms with Gasteiger partial charge in [-0.25, -0.2) is 4.39 Å². The maximum Gasteiger partial charge on any atom is 0.255 e. The normalized spacial score (nSPS) is 24.9. The number of benzene rings is 1. The molecule has 1 fully saturated rings. The molecule has 6 nitrogen and oxygen atoms in total. The van der Waals surface area contributed by atoms with E-state index < -0.39 is 0 Å². The van der Waals surface area contributed by atoms with Gasteiger partial charge in [0.25, 0.3) is 5.91 Å². The predicted molar refractivity (Wildman–Crippen MR) is 106 cm³/mol. The van der Waals surface area contributed by atoms with Gasteiger partial charge in [0.15, 0.2) is 5.78 Å². The van der Waals surface area contributed by atoms with Crippen LogP contribution < -0.4 is 5.32 Å². The number of aryl methyl sites for hydroxylation is 1. The topological polar surface area (TPSA) is 63.6 Å². The summed E-state index contributed by atoms with van der Waals surface area (Å²) in [6.45, 7) is 1.29. The summed E-state index contributed by atoms with van der Waals surface area (Å²) in [5.41, 5.74) is 2.09. The summed E-state index contributed by atoms with van der Waals surface area (Å²) in [6.07, 6.45) is 3.35. The summed E-state index contributed by atoms with van der Waals surface area (Å²) >= 11 is 0. The third-order valence-electron chi connectivity index (χ3n) is 5.92. The van der Waals surface area contributed by atoms with Crippen molar-refractivity contribution in [1.29, 1.82) is 0 Å². The molecule has 1 aromatic carbocycles. The Labute approximate surface area is 169 Å². The third kappa shape index (κ3) is 3.97. The van der Waals surface area contributed by atoms with E-state index in [0.29, 0.717) is 37.1 Å². The van der Waals surface area contributed by atoms with Crippen molar-refractivity contribution in [3.8, 4) is 0 Å². The molecular formula is C22H26FN3O3. The van der Waals surface area contributed by atoms with Crippen LogP contribution in [0.5, 0.6) is 0 Å². The van der Waals surface area contributed by atoms with Gasteiger partial charge in [-0.3, -0.25) is 14.9 Å². The highest BCUT2D eigenvalue weighted by Gasteiger charge is 2.34. The van der Waals surface area contributed by atoms with Crippen LogP contribution in [0.4, 0.5) is 4.39 Å². The van der Waals surface area contributed by atoms with E-state index in [-0.39, 0.29) is 35.8 Å². The van der Waals surface area contributed by atoms with Gasteiger partial charge < -0.3 is 14.2 Å². The maximum absolute atomic E-state index is 13.2. The first-order valence-corrected chi connectivity index (χ1v) is 10.0. The van der Waals surface area contributed by atoms with Crippen LogP contribution in [0.1, 0.15) is 51.8 Å². The Balaban J connectivity index is 1.49. The molecule has 1 N–H and O–H groups in total. The van der Waals surface area contributed by atoms with Gasteiger partial charge in [0.2, 0.25) is 0 Å². The van der Waals surface area contributed by atoms with Crippen molar-refractivity contribution in [3.63, 3.8) is 0 Å². The van der Waals surface area contributed by atoms with E-state index >= 15 is 0 Å². The van der Waals surface area contributed by atoms with Gasteiger partial charge in [-0.1, -0.05) is 0 Å². The SMILES string of the molecule is CN1CCC(OC2CC(C(=O)c3ccc(F)cc3)CCN2)c2c(ccn2C)C1=O. The molecule has 3 heterocycles. The molecule has 154 valence electrons. The van der Waals surface area contributed by atoms with Crippen molar-refractivity contribution in [2.45, 2.75) is 31.6 Å². The Hall–Kier alpha value is -2.51. The number of amides is 1. The fraction of sp³-hybridized carbons (Fsp3) is 0.455. The van der Waals surface area contributed by atoms with Gasteiger partial charge in [0, 0.05) is 38.3 Å². The van der Waals surface area contributed by atoms with Gasteiger partial charge in [0.1, 0.15) is 18.1 Å². The zero-order valence-corrected chi connectivity index (χ0v) is 16.7. The molecule has 0 aliphatic carbocycles. The number of hydrogen-bond donors (Lipinski definition) is 1. The summed E-state index contributed by atoms with van der Waals surface area (Å²) < 4.78 is 21.5. The Morgan fingerprint density at radius 3 is 2.69 bits per heavy atom. The molecule has 0 saturated carbocycles. The minimum atomic E-state index is -0.348. The lowest BCUT2D eigenvalue weighted by atomic mass is 9.88. The van der Waals surface area contributed by atoms with Crippen molar-refractivity contribution in [1.82, 2.24) is 14.8 Å². The van der Waals surface area contributed by atoms with E-state index in [9.17, 15) is 14.0 Å². The summed E-state index contributed by atoms with van der Waals surface area (Å²) in [6, 6.07) is 7.55. The lowest BCUT2D eigenvalue weighted by Gasteiger charge is -2.32. The average Bonchev–Trinajstić information content (AvgIpc) is 3.06. The predicted octanol–water partition coefficient (Wildman–Crippen LogP) is 2.91. The van der Waals surface area contributed by atoms with Gasteiger partial charge in [-0.15, -0.1) is 0 Å². The second kappa shape index (κ2) is 8.08. The van der Waals surface area contributed by atoms with E-state index in [1.807, 2.05) is 23.9 Å². The average molecular weight is 399 g/mol. The van der Waals surface area contributed by atoms with Crippen LogP contribution in [0, 0.1) is 11.7 Å². The van der Waals surface area contributed by atoms with Crippen molar-refractivity contribution in [2.24, 2.45) is 13.0 Å². The van der Waals surface area contributed by atoms with Crippen molar-refractivity contribution >= 4 is 11.7 Å². The minimum absolute atomic E-state index is 0.00710. The minimum Gasteiger partial charge on any atom is -0.354 e. The Kier molecular flexibility index (Phi) is 5.52. The van der Waals surface area contributed by atoms with Crippen molar-refractivity contribution in [2.75, 3.05) is 20.1 Å². The molecule has 2 aromatic rings. The smallest absolute Gasteiger partial charge is 0.255 e. The zero-order chi connectivity index (χ0) is 20.5. The first-order valence-electron chi connectivity index (χ1n) is 10.0. The van der Waals surface area contributed by atoms with Gasteiger partial charge in [-0.05, 0) is 56.1 Å². The first-order chi connectivity index (χ1) is 13.9. The quantitative estimate of drug-likeness (QED) is 0.803. The van der Waals surface area contributed by atoms with Crippen LogP contribution in [0.15, 0.2) is 36.5 Å². The molecule has 0 bridgehead atoms. The Morgan fingerprint density at radius 1 is 1.17 bits per heavy atom. The summed E-state index contributed by atoms with van der Waals surface area (Å²) in [7, 11) is 3.72. The van der Waals surface area contributed by atoms with Gasteiger partial charge in [-0.2, -0.15) is 0 Å². The number of fused-ring (bicyclic) bond motifs is 1. The van der Waals surface area contributed by atoms with Crippen molar-refractivity contribution in [3.05, 3.63) is 59.2 Å². The molecule has 2 aliphatic heterocycles. The van der Waals surface area contributed by atoms with Crippen molar-refractivity contribution < 1.29 is 18.7 Å². The van der Waals surface area contributed by atoms with E-state index in [1.54, 1.807) is 24.1 Å². The second-order valence-electron chi connectivity index (χ2n) is 7.90. The number of halogens is 1. The van der Waals surface area contributed by atoms with E-state index in [4.69, 9.17) is 4.74 Å². The standard InChI is InChI=1S/C22H26FN3O3/c1-25-11-8-17-20(25)18(9-12-26(2)22(17)28)29-19-13-15(7-10-24-19)21(27)14-3-5-16(23)6-4-14/h3-6,8,11,15,18-19,24H,7,9-10,12-13H2,1-2H3. The molecule has 1 saturated heterocycles. The number of ether oxygens (including phenoxy) is 1. The van der Waals surface area contributed by atoms with E-state index in [2.05, 4.69) is 5.32 Å². The molecule has 1 amide bonds. The molecule has 4 rings (SSSR count). The molecule has 0 spiro atoms. The molecule has 1 aromatic heterocycles. The molecule has 29 heavy (non-hydrogen) atoms. The van der Waals surface area contributed by atoms with Gasteiger partial charge in [0.05, 0.1) is 11.3 Å². The van der Waals surface area contributed by atoms with Crippen LogP contribution in [-0.2, 0) is 11.8 Å². The number of carbonyl (C=O) groups excluding carboxylic acids is 2. The third-order valence-corrected chi connectivity index (χ3v) is 5.92. The maximum atomic E-state index is 13.2. The second-order valence-corrected chi connectivity index (χ2v) is 7.90. The first kappa shape index (κ1) is 19.8. The number of nitrogens with zero attached hydrogens (tertiary/aromatic N) is 2. The molecule has 0 radical (unpaired) electrons. The molecule has 7 heteroatoms. The summed E-state index contributed by atoms with van der Waals surface area (Å²) in [4.78, 5) is 27.1. The van der Waals surface area contributed by atoms with Crippen LogP contribution in [0.25, 0.3) is 0 Å². The van der Waals surface area contributed by atoms with Crippen LogP contribution in [0.2, 0.25) is 0 Å². The number of carbonyl (C=O) groups is 2. The van der Waals surface area contributed by atoms with E-state index in [1.165, 1.54) is 12.1 Å². The number of hydrogen-bond acceptors (Lipinski definition) is 4.